The fourth-order valence-electron chi connectivity index (χ4n) is 0.997. The molecule has 0 aromatic heterocycles. The average molecular weight is 199 g/mol. The van der Waals surface area contributed by atoms with Gasteiger partial charge in [-0.15, -0.1) is 0 Å². The topological polar surface area (TPSA) is 66.4 Å². The molecule has 0 saturated carbocycles. The van der Waals surface area contributed by atoms with Crippen LogP contribution in [0.3, 0.4) is 0 Å². The molecule has 80 valence electrons. The van der Waals surface area contributed by atoms with Gasteiger partial charge in [0.2, 0.25) is 5.91 Å². The van der Waals surface area contributed by atoms with Gasteiger partial charge < -0.3 is 10.4 Å². The molecule has 0 bridgehead atoms. The molecule has 0 radical (unpaired) electrons. The largest absolute Gasteiger partial charge is 0.477 e. The van der Waals surface area contributed by atoms with E-state index in [1.807, 2.05) is 6.92 Å². The minimum absolute atomic E-state index is 0.0495. The molecular formula is C10H17NO3. The van der Waals surface area contributed by atoms with Crippen LogP contribution in [-0.2, 0) is 9.59 Å². The number of hydrogen-bond acceptors (Lipinski definition) is 2. The SMILES string of the molecule is C/C=C(\NC(=O)CCCCC)C(=O)O. The number of unbranched alkanes of at least 4 members (excludes halogenated alkanes) is 2. The second kappa shape index (κ2) is 7.12. The Bertz CT molecular complexity index is 234. The maximum atomic E-state index is 11.2. The molecule has 2 N–H and O–H groups in total. The van der Waals surface area contributed by atoms with Crippen molar-refractivity contribution >= 4 is 11.9 Å². The smallest absolute Gasteiger partial charge is 0.352 e. The van der Waals surface area contributed by atoms with Crippen molar-refractivity contribution in [3.05, 3.63) is 11.8 Å². The predicted molar refractivity (Wildman–Crippen MR) is 53.7 cm³/mol. The molecule has 0 fully saturated rings. The summed E-state index contributed by atoms with van der Waals surface area (Å²) in [5, 5.41) is 11.0. The summed E-state index contributed by atoms with van der Waals surface area (Å²) in [5.74, 6) is -1.33. The van der Waals surface area contributed by atoms with Gasteiger partial charge in [-0.2, -0.15) is 0 Å². The standard InChI is InChI=1S/C10H17NO3/c1-3-5-6-7-9(12)11-8(4-2)10(13)14/h4H,3,5-7H2,1-2H3,(H,11,12)(H,13,14)/b8-4-. The molecule has 0 aliphatic rings. The molecule has 1 amide bonds. The van der Waals surface area contributed by atoms with Gasteiger partial charge in [0.15, 0.2) is 0 Å². The molecule has 0 heterocycles. The first kappa shape index (κ1) is 12.7. The molecule has 0 atom stereocenters. The van der Waals surface area contributed by atoms with E-state index in [1.165, 1.54) is 6.08 Å². The summed E-state index contributed by atoms with van der Waals surface area (Å²) in [4.78, 5) is 21.7. The van der Waals surface area contributed by atoms with Gasteiger partial charge in [-0.05, 0) is 13.3 Å². The lowest BCUT2D eigenvalue weighted by molar-refractivity contribution is -0.134. The van der Waals surface area contributed by atoms with Gasteiger partial charge in [0.1, 0.15) is 5.70 Å². The molecule has 14 heavy (non-hydrogen) atoms. The molecule has 4 heteroatoms. The van der Waals surface area contributed by atoms with Gasteiger partial charge in [0.05, 0.1) is 0 Å². The molecule has 0 aliphatic carbocycles. The van der Waals surface area contributed by atoms with E-state index in [2.05, 4.69) is 5.32 Å². The van der Waals surface area contributed by atoms with Crippen LogP contribution in [0.2, 0.25) is 0 Å². The Labute approximate surface area is 84.0 Å². The van der Waals surface area contributed by atoms with Gasteiger partial charge in [0, 0.05) is 6.42 Å². The van der Waals surface area contributed by atoms with Gasteiger partial charge in [-0.3, -0.25) is 4.79 Å². The molecule has 4 nitrogen and oxygen atoms in total. The summed E-state index contributed by atoms with van der Waals surface area (Å²) in [6.45, 7) is 3.63. The average Bonchev–Trinajstić information content (AvgIpc) is 2.14. The Hall–Kier alpha value is -1.32. The number of carboxylic acids is 1. The third-order valence-corrected chi connectivity index (χ3v) is 1.80. The Morgan fingerprint density at radius 2 is 2.00 bits per heavy atom. The minimum atomic E-state index is -1.10. The molecular weight excluding hydrogens is 182 g/mol. The van der Waals surface area contributed by atoms with E-state index in [-0.39, 0.29) is 11.6 Å². The first-order chi connectivity index (χ1) is 6.61. The number of carbonyl (C=O) groups is 2. The van der Waals surface area contributed by atoms with Gasteiger partial charge in [0.25, 0.3) is 0 Å². The number of aliphatic carboxylic acids is 1. The van der Waals surface area contributed by atoms with E-state index < -0.39 is 5.97 Å². The molecule has 0 aromatic carbocycles. The van der Waals surface area contributed by atoms with Crippen LogP contribution in [0, 0.1) is 0 Å². The monoisotopic (exact) mass is 199 g/mol. The molecule has 0 saturated heterocycles. The van der Waals surface area contributed by atoms with Crippen molar-refractivity contribution in [2.75, 3.05) is 0 Å². The number of amides is 1. The Balaban J connectivity index is 3.87. The maximum absolute atomic E-state index is 11.2. The van der Waals surface area contributed by atoms with E-state index >= 15 is 0 Å². The lowest BCUT2D eigenvalue weighted by Gasteiger charge is -2.04. The van der Waals surface area contributed by atoms with Gasteiger partial charge in [-0.25, -0.2) is 4.79 Å². The summed E-state index contributed by atoms with van der Waals surface area (Å²) >= 11 is 0. The number of carbonyl (C=O) groups excluding carboxylic acids is 1. The van der Waals surface area contributed by atoms with Crippen molar-refractivity contribution in [3.8, 4) is 0 Å². The number of nitrogens with one attached hydrogen (secondary N) is 1. The highest BCUT2D eigenvalue weighted by molar-refractivity contribution is 5.92. The van der Waals surface area contributed by atoms with Crippen LogP contribution in [0.15, 0.2) is 11.8 Å². The Morgan fingerprint density at radius 3 is 2.43 bits per heavy atom. The minimum Gasteiger partial charge on any atom is -0.477 e. The number of allylic oxidation sites excluding steroid dienone is 1. The number of rotatable bonds is 6. The molecule has 0 aromatic rings. The van der Waals surface area contributed by atoms with Crippen LogP contribution < -0.4 is 5.32 Å². The third-order valence-electron chi connectivity index (χ3n) is 1.80. The highest BCUT2D eigenvalue weighted by Gasteiger charge is 2.09. The zero-order chi connectivity index (χ0) is 11.0. The van der Waals surface area contributed by atoms with Gasteiger partial charge >= 0.3 is 5.97 Å². The fourth-order valence-corrected chi connectivity index (χ4v) is 0.997. The van der Waals surface area contributed by atoms with E-state index in [0.717, 1.165) is 19.3 Å². The summed E-state index contributed by atoms with van der Waals surface area (Å²) in [6.07, 6.45) is 4.60. The van der Waals surface area contributed by atoms with Crippen molar-refractivity contribution in [3.63, 3.8) is 0 Å². The Kier molecular flexibility index (Phi) is 6.45. The van der Waals surface area contributed by atoms with Crippen LogP contribution in [-0.4, -0.2) is 17.0 Å². The fraction of sp³-hybridized carbons (Fsp3) is 0.600. The molecule has 0 spiro atoms. The molecule has 0 rings (SSSR count). The summed E-state index contributed by atoms with van der Waals surface area (Å²) in [6, 6.07) is 0. The van der Waals surface area contributed by atoms with Crippen LogP contribution in [0.5, 0.6) is 0 Å². The zero-order valence-corrected chi connectivity index (χ0v) is 8.67. The molecule has 0 aliphatic heterocycles. The Morgan fingerprint density at radius 1 is 1.36 bits per heavy atom. The van der Waals surface area contributed by atoms with Crippen LogP contribution in [0.4, 0.5) is 0 Å². The van der Waals surface area contributed by atoms with Crippen molar-refractivity contribution in [2.24, 2.45) is 0 Å². The summed E-state index contributed by atoms with van der Waals surface area (Å²) < 4.78 is 0. The van der Waals surface area contributed by atoms with E-state index in [0.29, 0.717) is 6.42 Å². The third kappa shape index (κ3) is 5.35. The van der Waals surface area contributed by atoms with Crippen molar-refractivity contribution in [1.82, 2.24) is 5.32 Å². The van der Waals surface area contributed by atoms with E-state index in [4.69, 9.17) is 5.11 Å². The highest BCUT2D eigenvalue weighted by atomic mass is 16.4. The first-order valence-corrected chi connectivity index (χ1v) is 4.81. The van der Waals surface area contributed by atoms with E-state index in [9.17, 15) is 9.59 Å². The molecule has 0 unspecified atom stereocenters. The first-order valence-electron chi connectivity index (χ1n) is 4.81. The zero-order valence-electron chi connectivity index (χ0n) is 8.67. The van der Waals surface area contributed by atoms with Crippen LogP contribution in [0.1, 0.15) is 39.5 Å². The predicted octanol–water partition coefficient (Wildman–Crippen LogP) is 1.67. The van der Waals surface area contributed by atoms with E-state index in [1.54, 1.807) is 6.92 Å². The quantitative estimate of drug-likeness (QED) is 0.505. The normalized spacial score (nSPS) is 11.1. The van der Waals surface area contributed by atoms with Crippen LogP contribution >= 0.6 is 0 Å². The highest BCUT2D eigenvalue weighted by Crippen LogP contribution is 1.99. The second-order valence-corrected chi connectivity index (χ2v) is 3.01. The van der Waals surface area contributed by atoms with Gasteiger partial charge in [-0.1, -0.05) is 25.8 Å². The second-order valence-electron chi connectivity index (χ2n) is 3.01. The maximum Gasteiger partial charge on any atom is 0.352 e. The number of carboxylic acid groups (broad SMARTS) is 1. The summed E-state index contributed by atoms with van der Waals surface area (Å²) in [7, 11) is 0. The van der Waals surface area contributed by atoms with Crippen molar-refractivity contribution in [1.29, 1.82) is 0 Å². The lowest BCUT2D eigenvalue weighted by atomic mass is 10.2. The lowest BCUT2D eigenvalue weighted by Crippen LogP contribution is -2.26. The van der Waals surface area contributed by atoms with Crippen molar-refractivity contribution < 1.29 is 14.7 Å². The summed E-state index contributed by atoms with van der Waals surface area (Å²) in [5.41, 5.74) is -0.0495. The number of hydrogen-bond donors (Lipinski definition) is 2. The van der Waals surface area contributed by atoms with Crippen LogP contribution in [0.25, 0.3) is 0 Å². The van der Waals surface area contributed by atoms with Crippen molar-refractivity contribution in [2.45, 2.75) is 39.5 Å².